The van der Waals surface area contributed by atoms with Crippen molar-refractivity contribution in [2.75, 3.05) is 26.1 Å². The number of esters is 1. The number of carbonyl (C=O) groups excluding carboxylic acids is 3. The first-order valence-corrected chi connectivity index (χ1v) is 8.24. The summed E-state index contributed by atoms with van der Waals surface area (Å²) in [6.45, 7) is 1.41. The molecular weight excluding hydrogens is 389 g/mol. The standard InChI is InChI=1S/C15H17ClFN3O5S/c1-7(12(21)24-4)25-11-6-10(9(17)5-8(11)16)20-13(22)18(2)15(26)19(3)14(20)23/h5-7,15,26H,1-4H3. The molecule has 2 rings (SSSR count). The van der Waals surface area contributed by atoms with Gasteiger partial charge in [0.2, 0.25) is 0 Å². The molecule has 4 amide bonds. The molecular formula is C15H17ClFN3O5S. The smallest absolute Gasteiger partial charge is 0.346 e. The van der Waals surface area contributed by atoms with E-state index in [9.17, 15) is 18.8 Å². The number of anilines is 1. The molecule has 8 nitrogen and oxygen atoms in total. The van der Waals surface area contributed by atoms with Crippen molar-refractivity contribution >= 4 is 47.9 Å². The molecule has 0 N–H and O–H groups in total. The van der Waals surface area contributed by atoms with E-state index in [2.05, 4.69) is 17.4 Å². The lowest BCUT2D eigenvalue weighted by molar-refractivity contribution is -0.147. The van der Waals surface area contributed by atoms with E-state index in [-0.39, 0.29) is 16.5 Å². The van der Waals surface area contributed by atoms with Gasteiger partial charge in [0, 0.05) is 20.2 Å². The monoisotopic (exact) mass is 405 g/mol. The lowest BCUT2D eigenvalue weighted by Gasteiger charge is -2.41. The minimum Gasteiger partial charge on any atom is -0.477 e. The molecule has 0 aliphatic carbocycles. The van der Waals surface area contributed by atoms with Gasteiger partial charge in [0.15, 0.2) is 11.6 Å². The summed E-state index contributed by atoms with van der Waals surface area (Å²) in [5, 5.41) is -0.132. The molecule has 1 saturated heterocycles. The average Bonchev–Trinajstić information content (AvgIpc) is 2.61. The Morgan fingerprint density at radius 2 is 1.81 bits per heavy atom. The molecule has 1 aliphatic heterocycles. The van der Waals surface area contributed by atoms with E-state index < -0.39 is 35.5 Å². The van der Waals surface area contributed by atoms with Gasteiger partial charge >= 0.3 is 18.0 Å². The molecule has 1 aromatic carbocycles. The highest BCUT2D eigenvalue weighted by molar-refractivity contribution is 7.80. The fourth-order valence-electron chi connectivity index (χ4n) is 2.25. The summed E-state index contributed by atoms with van der Waals surface area (Å²) in [5.74, 6) is -1.66. The van der Waals surface area contributed by atoms with Gasteiger partial charge in [-0.05, 0) is 13.0 Å². The summed E-state index contributed by atoms with van der Waals surface area (Å²) in [7, 11) is 4.02. The Labute approximate surface area is 159 Å². The van der Waals surface area contributed by atoms with Crippen molar-refractivity contribution in [2.24, 2.45) is 0 Å². The number of rotatable bonds is 4. The Hall–Kier alpha value is -2.20. The third kappa shape index (κ3) is 3.51. The van der Waals surface area contributed by atoms with E-state index in [1.807, 2.05) is 0 Å². The van der Waals surface area contributed by atoms with E-state index in [4.69, 9.17) is 16.3 Å². The molecule has 11 heteroatoms. The first-order valence-electron chi connectivity index (χ1n) is 7.35. The fourth-order valence-corrected chi connectivity index (χ4v) is 2.64. The van der Waals surface area contributed by atoms with Crippen LogP contribution in [0, 0.1) is 5.82 Å². The number of methoxy groups -OCH3 is 1. The zero-order valence-electron chi connectivity index (χ0n) is 14.4. The van der Waals surface area contributed by atoms with Crippen molar-refractivity contribution in [3.8, 4) is 5.75 Å². The molecule has 1 atom stereocenters. The summed E-state index contributed by atoms with van der Waals surface area (Å²) in [6, 6.07) is 0.416. The van der Waals surface area contributed by atoms with E-state index in [1.54, 1.807) is 0 Å². The van der Waals surface area contributed by atoms with Crippen LogP contribution in [0.3, 0.4) is 0 Å². The summed E-state index contributed by atoms with van der Waals surface area (Å²) < 4.78 is 24.4. The summed E-state index contributed by atoms with van der Waals surface area (Å²) >= 11 is 10.1. The minimum atomic E-state index is -1.03. The maximum absolute atomic E-state index is 14.4. The van der Waals surface area contributed by atoms with Gasteiger partial charge in [-0.3, -0.25) is 9.80 Å². The Morgan fingerprint density at radius 1 is 1.27 bits per heavy atom. The van der Waals surface area contributed by atoms with Gasteiger partial charge in [0.25, 0.3) is 0 Å². The van der Waals surface area contributed by atoms with Crippen molar-refractivity contribution in [1.82, 2.24) is 9.80 Å². The second-order valence-electron chi connectivity index (χ2n) is 5.49. The maximum Gasteiger partial charge on any atom is 0.346 e. The number of hydrogen-bond acceptors (Lipinski definition) is 6. The van der Waals surface area contributed by atoms with Crippen LogP contribution in [-0.4, -0.2) is 60.6 Å². The molecule has 0 radical (unpaired) electrons. The van der Waals surface area contributed by atoms with Gasteiger partial charge in [-0.15, -0.1) is 12.6 Å². The first kappa shape index (κ1) is 20.1. The van der Waals surface area contributed by atoms with Crippen molar-refractivity contribution in [2.45, 2.75) is 18.5 Å². The molecule has 142 valence electrons. The van der Waals surface area contributed by atoms with Gasteiger partial charge in [-0.1, -0.05) is 11.6 Å². The number of benzene rings is 1. The number of urea groups is 2. The number of ether oxygens (including phenoxy) is 2. The van der Waals surface area contributed by atoms with Crippen LogP contribution >= 0.6 is 24.2 Å². The van der Waals surface area contributed by atoms with Crippen LogP contribution < -0.4 is 9.64 Å². The molecule has 1 heterocycles. The van der Waals surface area contributed by atoms with Crippen molar-refractivity contribution in [3.05, 3.63) is 23.0 Å². The third-order valence-electron chi connectivity index (χ3n) is 3.76. The Balaban J connectivity index is 2.46. The van der Waals surface area contributed by atoms with Crippen molar-refractivity contribution in [3.63, 3.8) is 0 Å². The van der Waals surface area contributed by atoms with Crippen LogP contribution in [0.2, 0.25) is 5.02 Å². The number of halogens is 2. The molecule has 26 heavy (non-hydrogen) atoms. The van der Waals surface area contributed by atoms with Crippen LogP contribution in [0.5, 0.6) is 5.75 Å². The van der Waals surface area contributed by atoms with Crippen LogP contribution in [0.25, 0.3) is 0 Å². The van der Waals surface area contributed by atoms with Crippen LogP contribution in [0.4, 0.5) is 19.7 Å². The van der Waals surface area contributed by atoms with Crippen LogP contribution in [0.1, 0.15) is 6.92 Å². The Morgan fingerprint density at radius 3 is 2.31 bits per heavy atom. The molecule has 0 bridgehead atoms. The van der Waals surface area contributed by atoms with E-state index in [0.717, 1.165) is 21.9 Å². The van der Waals surface area contributed by atoms with E-state index in [0.29, 0.717) is 4.90 Å². The van der Waals surface area contributed by atoms with Crippen molar-refractivity contribution < 1.29 is 28.2 Å². The predicted molar refractivity (Wildman–Crippen MR) is 95.1 cm³/mol. The van der Waals surface area contributed by atoms with Crippen LogP contribution in [-0.2, 0) is 9.53 Å². The zero-order valence-corrected chi connectivity index (χ0v) is 16.0. The van der Waals surface area contributed by atoms with E-state index in [1.165, 1.54) is 28.1 Å². The Bertz CT molecular complexity index is 743. The number of hydrogen-bond donors (Lipinski definition) is 1. The van der Waals surface area contributed by atoms with Gasteiger partial charge in [0.1, 0.15) is 11.6 Å². The second-order valence-corrected chi connectivity index (χ2v) is 6.36. The molecule has 1 unspecified atom stereocenters. The molecule has 1 aromatic rings. The largest absolute Gasteiger partial charge is 0.477 e. The highest BCUT2D eigenvalue weighted by atomic mass is 35.5. The number of imide groups is 1. The quantitative estimate of drug-likeness (QED) is 0.615. The van der Waals surface area contributed by atoms with Crippen molar-refractivity contribution in [1.29, 1.82) is 0 Å². The summed E-state index contributed by atoms with van der Waals surface area (Å²) in [4.78, 5) is 39.3. The SMILES string of the molecule is COC(=O)C(C)Oc1cc(N2C(=O)N(C)C(S)N(C)C2=O)c(F)cc1Cl. The molecule has 1 fully saturated rings. The zero-order chi connectivity index (χ0) is 19.8. The summed E-state index contributed by atoms with van der Waals surface area (Å²) in [6.07, 6.45) is -1.03. The lowest BCUT2D eigenvalue weighted by Crippen LogP contribution is -2.62. The normalized spacial score (nSPS) is 16.8. The van der Waals surface area contributed by atoms with Gasteiger partial charge in [-0.2, -0.15) is 0 Å². The molecule has 1 aliphatic rings. The first-order chi connectivity index (χ1) is 12.1. The number of amides is 4. The van der Waals surface area contributed by atoms with E-state index >= 15 is 0 Å². The maximum atomic E-state index is 14.4. The third-order valence-corrected chi connectivity index (χ3v) is 4.75. The predicted octanol–water partition coefficient (Wildman–Crippen LogP) is 2.56. The average molecular weight is 406 g/mol. The fraction of sp³-hybridized carbons (Fsp3) is 0.400. The van der Waals surface area contributed by atoms with Crippen LogP contribution in [0.15, 0.2) is 12.1 Å². The number of thiol groups is 1. The van der Waals surface area contributed by atoms with Gasteiger partial charge in [-0.25, -0.2) is 23.7 Å². The lowest BCUT2D eigenvalue weighted by atomic mass is 10.2. The second kappa shape index (κ2) is 7.58. The van der Waals surface area contributed by atoms with Gasteiger partial charge in [0.05, 0.1) is 17.8 Å². The number of carbonyl (C=O) groups is 3. The molecule has 0 saturated carbocycles. The minimum absolute atomic E-state index is 0.0835. The number of nitrogens with zero attached hydrogens (tertiary/aromatic N) is 3. The highest BCUT2D eigenvalue weighted by Gasteiger charge is 2.41. The molecule has 0 spiro atoms. The Kier molecular flexibility index (Phi) is 5.87. The highest BCUT2D eigenvalue weighted by Crippen LogP contribution is 2.35. The topological polar surface area (TPSA) is 79.4 Å². The summed E-state index contributed by atoms with van der Waals surface area (Å²) in [5.41, 5.74) is -1.16. The molecule has 0 aromatic heterocycles. The van der Waals surface area contributed by atoms with Gasteiger partial charge < -0.3 is 9.47 Å².